The Labute approximate surface area is 163 Å². The Bertz CT molecular complexity index is 595. The number of unbranched alkanes of at least 4 members (excludes halogenated alkanes) is 1. The molecule has 0 bridgehead atoms. The lowest BCUT2D eigenvalue weighted by Gasteiger charge is -2.37. The molecule has 1 aliphatic heterocycles. The SMILES string of the molecule is CCCCNC(=O)CN1CCN([C@@H](C)C(=O)Nc2ccc(CC)cc2)CC1. The standard InChI is InChI=1S/C21H34N4O2/c1-4-6-11-22-20(26)16-24-12-14-25(15-13-24)17(3)21(27)23-19-9-7-18(5-2)8-10-19/h7-10,17H,4-6,11-16H2,1-3H3,(H,22,26)(H,23,27)/t17-/m0/s1. The molecule has 1 fully saturated rings. The van der Waals surface area contributed by atoms with E-state index in [0.717, 1.165) is 57.7 Å². The number of hydrogen-bond donors (Lipinski definition) is 2. The van der Waals surface area contributed by atoms with Crippen molar-refractivity contribution in [2.45, 2.75) is 46.1 Å². The highest BCUT2D eigenvalue weighted by molar-refractivity contribution is 5.94. The number of amides is 2. The van der Waals surface area contributed by atoms with E-state index >= 15 is 0 Å². The molecule has 2 amide bonds. The van der Waals surface area contributed by atoms with E-state index in [9.17, 15) is 9.59 Å². The Morgan fingerprint density at radius 1 is 1.07 bits per heavy atom. The zero-order valence-electron chi connectivity index (χ0n) is 17.0. The van der Waals surface area contributed by atoms with E-state index in [4.69, 9.17) is 0 Å². The molecule has 150 valence electrons. The van der Waals surface area contributed by atoms with Crippen LogP contribution in [0.15, 0.2) is 24.3 Å². The lowest BCUT2D eigenvalue weighted by molar-refractivity contribution is -0.124. The summed E-state index contributed by atoms with van der Waals surface area (Å²) in [4.78, 5) is 28.8. The van der Waals surface area contributed by atoms with Crippen LogP contribution in [0.25, 0.3) is 0 Å². The summed E-state index contributed by atoms with van der Waals surface area (Å²) in [5.41, 5.74) is 2.10. The van der Waals surface area contributed by atoms with Crippen molar-refractivity contribution in [3.63, 3.8) is 0 Å². The summed E-state index contributed by atoms with van der Waals surface area (Å²) < 4.78 is 0. The largest absolute Gasteiger partial charge is 0.355 e. The van der Waals surface area contributed by atoms with E-state index in [0.29, 0.717) is 6.54 Å². The molecule has 2 rings (SSSR count). The van der Waals surface area contributed by atoms with Gasteiger partial charge < -0.3 is 10.6 Å². The highest BCUT2D eigenvalue weighted by Crippen LogP contribution is 2.12. The third kappa shape index (κ3) is 6.96. The van der Waals surface area contributed by atoms with Crippen LogP contribution in [0.3, 0.4) is 0 Å². The molecule has 1 aromatic rings. The van der Waals surface area contributed by atoms with Gasteiger partial charge in [0.05, 0.1) is 12.6 Å². The third-order valence-electron chi connectivity index (χ3n) is 5.18. The fourth-order valence-corrected chi connectivity index (χ4v) is 3.21. The lowest BCUT2D eigenvalue weighted by Crippen LogP contribution is -2.54. The summed E-state index contributed by atoms with van der Waals surface area (Å²) in [6, 6.07) is 7.82. The minimum atomic E-state index is -0.184. The van der Waals surface area contributed by atoms with Crippen molar-refractivity contribution in [1.82, 2.24) is 15.1 Å². The van der Waals surface area contributed by atoms with Crippen molar-refractivity contribution in [2.75, 3.05) is 44.6 Å². The van der Waals surface area contributed by atoms with Crippen molar-refractivity contribution in [1.29, 1.82) is 0 Å². The first kappa shape index (κ1) is 21.4. The van der Waals surface area contributed by atoms with Gasteiger partial charge in [-0.25, -0.2) is 0 Å². The van der Waals surface area contributed by atoms with Gasteiger partial charge in [0.25, 0.3) is 0 Å². The van der Waals surface area contributed by atoms with Crippen molar-refractivity contribution in [3.8, 4) is 0 Å². The van der Waals surface area contributed by atoms with E-state index in [1.165, 1.54) is 5.56 Å². The normalized spacial score (nSPS) is 16.7. The van der Waals surface area contributed by atoms with Crippen LogP contribution in [0, 0.1) is 0 Å². The number of hydrogen-bond acceptors (Lipinski definition) is 4. The van der Waals surface area contributed by atoms with Crippen molar-refractivity contribution < 1.29 is 9.59 Å². The van der Waals surface area contributed by atoms with Crippen molar-refractivity contribution >= 4 is 17.5 Å². The van der Waals surface area contributed by atoms with Crippen LogP contribution in [-0.4, -0.2) is 66.9 Å². The molecule has 27 heavy (non-hydrogen) atoms. The summed E-state index contributed by atoms with van der Waals surface area (Å²) in [6.45, 7) is 10.6. The van der Waals surface area contributed by atoms with E-state index in [2.05, 4.69) is 34.3 Å². The van der Waals surface area contributed by atoms with Crippen LogP contribution < -0.4 is 10.6 Å². The van der Waals surface area contributed by atoms with E-state index in [1.807, 2.05) is 31.2 Å². The van der Waals surface area contributed by atoms with E-state index in [-0.39, 0.29) is 17.9 Å². The molecule has 0 unspecified atom stereocenters. The van der Waals surface area contributed by atoms with Gasteiger partial charge in [-0.2, -0.15) is 0 Å². The molecule has 6 heteroatoms. The monoisotopic (exact) mass is 374 g/mol. The van der Waals surface area contributed by atoms with Crippen LogP contribution >= 0.6 is 0 Å². The average Bonchev–Trinajstić information content (AvgIpc) is 2.68. The smallest absolute Gasteiger partial charge is 0.241 e. The minimum Gasteiger partial charge on any atom is -0.355 e. The Hall–Kier alpha value is -1.92. The maximum atomic E-state index is 12.5. The summed E-state index contributed by atoms with van der Waals surface area (Å²) in [5.74, 6) is 0.114. The number of carbonyl (C=O) groups excluding carboxylic acids is 2. The number of anilines is 1. The van der Waals surface area contributed by atoms with Gasteiger partial charge >= 0.3 is 0 Å². The van der Waals surface area contributed by atoms with Crippen LogP contribution in [-0.2, 0) is 16.0 Å². The number of piperazine rings is 1. The molecule has 1 atom stereocenters. The third-order valence-corrected chi connectivity index (χ3v) is 5.18. The lowest BCUT2D eigenvalue weighted by atomic mass is 10.1. The highest BCUT2D eigenvalue weighted by atomic mass is 16.2. The highest BCUT2D eigenvalue weighted by Gasteiger charge is 2.26. The number of nitrogens with one attached hydrogen (secondary N) is 2. The number of nitrogens with zero attached hydrogens (tertiary/aromatic N) is 2. The number of carbonyl (C=O) groups is 2. The van der Waals surface area contributed by atoms with Gasteiger partial charge in [-0.05, 0) is 37.5 Å². The average molecular weight is 375 g/mol. The molecular weight excluding hydrogens is 340 g/mol. The molecule has 1 saturated heterocycles. The zero-order chi connectivity index (χ0) is 19.6. The molecule has 0 spiro atoms. The number of benzene rings is 1. The van der Waals surface area contributed by atoms with Gasteiger partial charge in [-0.3, -0.25) is 19.4 Å². The maximum absolute atomic E-state index is 12.5. The molecule has 0 radical (unpaired) electrons. The molecule has 6 nitrogen and oxygen atoms in total. The van der Waals surface area contributed by atoms with Gasteiger partial charge in [-0.1, -0.05) is 32.4 Å². The topological polar surface area (TPSA) is 64.7 Å². The van der Waals surface area contributed by atoms with Gasteiger partial charge in [0.15, 0.2) is 0 Å². The first-order valence-corrected chi connectivity index (χ1v) is 10.2. The molecule has 1 aliphatic rings. The zero-order valence-corrected chi connectivity index (χ0v) is 17.0. The van der Waals surface area contributed by atoms with Crippen LogP contribution in [0.4, 0.5) is 5.69 Å². The number of aryl methyl sites for hydroxylation is 1. The van der Waals surface area contributed by atoms with Crippen LogP contribution in [0.1, 0.15) is 39.2 Å². The first-order chi connectivity index (χ1) is 13.0. The fraction of sp³-hybridized carbons (Fsp3) is 0.619. The van der Waals surface area contributed by atoms with Gasteiger partial charge in [0.1, 0.15) is 0 Å². The van der Waals surface area contributed by atoms with Gasteiger partial charge in [0, 0.05) is 38.4 Å². The second-order valence-electron chi connectivity index (χ2n) is 7.23. The molecule has 0 saturated carbocycles. The first-order valence-electron chi connectivity index (χ1n) is 10.2. The second-order valence-corrected chi connectivity index (χ2v) is 7.23. The van der Waals surface area contributed by atoms with Crippen molar-refractivity contribution in [2.24, 2.45) is 0 Å². The van der Waals surface area contributed by atoms with Gasteiger partial charge in [-0.15, -0.1) is 0 Å². The summed E-state index contributed by atoms with van der Waals surface area (Å²) in [6.07, 6.45) is 3.10. The van der Waals surface area contributed by atoms with Crippen LogP contribution in [0.2, 0.25) is 0 Å². The molecule has 1 aromatic carbocycles. The predicted molar refractivity (Wildman–Crippen MR) is 110 cm³/mol. The summed E-state index contributed by atoms with van der Waals surface area (Å²) in [7, 11) is 0. The fourth-order valence-electron chi connectivity index (χ4n) is 3.21. The quantitative estimate of drug-likeness (QED) is 0.650. The van der Waals surface area contributed by atoms with E-state index in [1.54, 1.807) is 0 Å². The predicted octanol–water partition coefficient (Wildman–Crippen LogP) is 2.11. The summed E-state index contributed by atoms with van der Waals surface area (Å²) >= 11 is 0. The molecule has 1 heterocycles. The van der Waals surface area contributed by atoms with Crippen molar-refractivity contribution in [3.05, 3.63) is 29.8 Å². The van der Waals surface area contributed by atoms with Crippen LogP contribution in [0.5, 0.6) is 0 Å². The molecule has 2 N–H and O–H groups in total. The Morgan fingerprint density at radius 3 is 2.33 bits per heavy atom. The summed E-state index contributed by atoms with van der Waals surface area (Å²) in [5, 5.41) is 5.96. The Kier molecular flexibility index (Phi) is 8.75. The molecule has 0 aromatic heterocycles. The molecule has 0 aliphatic carbocycles. The maximum Gasteiger partial charge on any atom is 0.241 e. The molecular formula is C21H34N4O2. The van der Waals surface area contributed by atoms with Gasteiger partial charge in [0.2, 0.25) is 11.8 Å². The number of rotatable bonds is 9. The van der Waals surface area contributed by atoms with E-state index < -0.39 is 0 Å². The second kappa shape index (κ2) is 11.0. The Morgan fingerprint density at radius 2 is 1.74 bits per heavy atom. The Balaban J connectivity index is 1.73. The minimum absolute atomic E-state index is 0.0185.